The second-order valence-electron chi connectivity index (χ2n) is 3.50. The molecule has 2 rings (SSSR count). The number of hydrogen-bond acceptors (Lipinski definition) is 3. The highest BCUT2D eigenvalue weighted by Crippen LogP contribution is 2.44. The SMILES string of the molecule is FC1(F)CC(CSc2cccnn2)C1. The molecule has 1 saturated carbocycles. The van der Waals surface area contributed by atoms with Crippen LogP contribution in [0.25, 0.3) is 0 Å². The molecule has 1 heterocycles. The van der Waals surface area contributed by atoms with Gasteiger partial charge in [0.05, 0.1) is 0 Å². The van der Waals surface area contributed by atoms with E-state index in [-0.39, 0.29) is 18.8 Å². The molecule has 1 aliphatic carbocycles. The molecule has 0 bridgehead atoms. The summed E-state index contributed by atoms with van der Waals surface area (Å²) in [4.78, 5) is 0. The number of alkyl halides is 2. The molecule has 0 unspecified atom stereocenters. The van der Waals surface area contributed by atoms with Gasteiger partial charge in [0.15, 0.2) is 0 Å². The van der Waals surface area contributed by atoms with Crippen LogP contribution < -0.4 is 0 Å². The molecule has 0 aliphatic heterocycles. The zero-order valence-corrected chi connectivity index (χ0v) is 8.31. The minimum Gasteiger partial charge on any atom is -0.207 e. The van der Waals surface area contributed by atoms with Gasteiger partial charge >= 0.3 is 0 Å². The minimum atomic E-state index is -2.41. The lowest BCUT2D eigenvalue weighted by molar-refractivity contribution is -0.103. The highest BCUT2D eigenvalue weighted by atomic mass is 32.2. The molecule has 0 N–H and O–H groups in total. The first kappa shape index (κ1) is 9.83. The van der Waals surface area contributed by atoms with E-state index < -0.39 is 5.92 Å². The molecule has 5 heteroatoms. The summed E-state index contributed by atoms with van der Waals surface area (Å²) in [6, 6.07) is 3.64. The summed E-state index contributed by atoms with van der Waals surface area (Å²) in [6.07, 6.45) is 1.65. The minimum absolute atomic E-state index is 0.0280. The van der Waals surface area contributed by atoms with Crippen molar-refractivity contribution in [3.63, 3.8) is 0 Å². The number of hydrogen-bond donors (Lipinski definition) is 0. The fourth-order valence-corrected chi connectivity index (χ4v) is 2.39. The predicted octanol–water partition coefficient (Wildman–Crippen LogP) is 2.61. The molecule has 14 heavy (non-hydrogen) atoms. The Morgan fingerprint density at radius 1 is 1.50 bits per heavy atom. The van der Waals surface area contributed by atoms with Gasteiger partial charge in [0.1, 0.15) is 5.03 Å². The van der Waals surface area contributed by atoms with Crippen molar-refractivity contribution in [2.75, 3.05) is 5.75 Å². The van der Waals surface area contributed by atoms with Crippen LogP contribution in [0.3, 0.4) is 0 Å². The van der Waals surface area contributed by atoms with Gasteiger partial charge in [-0.05, 0) is 18.1 Å². The Balaban J connectivity index is 1.75. The summed E-state index contributed by atoms with van der Waals surface area (Å²) in [6.45, 7) is 0. The Kier molecular flexibility index (Phi) is 2.67. The summed E-state index contributed by atoms with van der Waals surface area (Å²) >= 11 is 1.50. The maximum absolute atomic E-state index is 12.5. The molecule has 0 atom stereocenters. The number of thioether (sulfide) groups is 1. The molecule has 76 valence electrons. The molecule has 0 amide bonds. The van der Waals surface area contributed by atoms with E-state index in [2.05, 4.69) is 10.2 Å². The normalized spacial score (nSPS) is 20.4. The third-order valence-corrected chi connectivity index (χ3v) is 3.34. The first-order chi connectivity index (χ1) is 6.66. The monoisotopic (exact) mass is 216 g/mol. The summed E-state index contributed by atoms with van der Waals surface area (Å²) in [5, 5.41) is 8.40. The Morgan fingerprint density at radius 3 is 2.86 bits per heavy atom. The summed E-state index contributed by atoms with van der Waals surface area (Å²) in [5.41, 5.74) is 0. The van der Waals surface area contributed by atoms with Crippen molar-refractivity contribution in [3.05, 3.63) is 18.3 Å². The van der Waals surface area contributed by atoms with Crippen molar-refractivity contribution in [1.82, 2.24) is 10.2 Å². The molecule has 1 aliphatic rings. The zero-order chi connectivity index (χ0) is 10.0. The highest BCUT2D eigenvalue weighted by molar-refractivity contribution is 7.99. The fourth-order valence-electron chi connectivity index (χ4n) is 1.47. The Labute approximate surface area is 85.1 Å². The molecule has 0 aromatic carbocycles. The van der Waals surface area contributed by atoms with Crippen LogP contribution in [0.1, 0.15) is 12.8 Å². The Morgan fingerprint density at radius 2 is 2.29 bits per heavy atom. The van der Waals surface area contributed by atoms with Crippen molar-refractivity contribution in [2.24, 2.45) is 5.92 Å². The smallest absolute Gasteiger partial charge is 0.207 e. The van der Waals surface area contributed by atoms with Gasteiger partial charge < -0.3 is 0 Å². The zero-order valence-electron chi connectivity index (χ0n) is 7.49. The lowest BCUT2D eigenvalue weighted by Crippen LogP contribution is -2.36. The quantitative estimate of drug-likeness (QED) is 0.726. The summed E-state index contributed by atoms with van der Waals surface area (Å²) in [5.74, 6) is -1.56. The fraction of sp³-hybridized carbons (Fsp3) is 0.556. The van der Waals surface area contributed by atoms with Gasteiger partial charge in [0, 0.05) is 24.8 Å². The molecule has 0 spiro atoms. The van der Waals surface area contributed by atoms with Crippen molar-refractivity contribution < 1.29 is 8.78 Å². The van der Waals surface area contributed by atoms with Crippen molar-refractivity contribution >= 4 is 11.8 Å². The molecule has 0 saturated heterocycles. The number of aromatic nitrogens is 2. The average molecular weight is 216 g/mol. The summed E-state index contributed by atoms with van der Waals surface area (Å²) < 4.78 is 25.0. The number of halogens is 2. The standard InChI is InChI=1S/C9H10F2N2S/c10-9(11)4-7(5-9)6-14-8-2-1-3-12-13-8/h1-3,7H,4-6H2. The van der Waals surface area contributed by atoms with Crippen LogP contribution in [0.15, 0.2) is 23.4 Å². The van der Waals surface area contributed by atoms with E-state index in [1.807, 2.05) is 6.07 Å². The molecule has 1 aromatic heterocycles. The van der Waals surface area contributed by atoms with Gasteiger partial charge in [0.2, 0.25) is 5.92 Å². The maximum atomic E-state index is 12.5. The van der Waals surface area contributed by atoms with Crippen LogP contribution in [-0.4, -0.2) is 21.9 Å². The van der Waals surface area contributed by atoms with E-state index in [1.54, 1.807) is 12.3 Å². The van der Waals surface area contributed by atoms with Crippen molar-refractivity contribution in [3.8, 4) is 0 Å². The molecule has 0 radical (unpaired) electrons. The molecule has 1 aromatic rings. The molecular formula is C9H10F2N2S. The van der Waals surface area contributed by atoms with E-state index in [4.69, 9.17) is 0 Å². The second kappa shape index (κ2) is 3.81. The largest absolute Gasteiger partial charge is 0.248 e. The van der Waals surface area contributed by atoms with E-state index in [9.17, 15) is 8.78 Å². The Bertz CT molecular complexity index is 297. The second-order valence-corrected chi connectivity index (χ2v) is 4.54. The maximum Gasteiger partial charge on any atom is 0.248 e. The van der Waals surface area contributed by atoms with Crippen LogP contribution in [-0.2, 0) is 0 Å². The van der Waals surface area contributed by atoms with Crippen molar-refractivity contribution in [1.29, 1.82) is 0 Å². The lowest BCUT2D eigenvalue weighted by Gasteiger charge is -2.34. The van der Waals surface area contributed by atoms with E-state index in [0.29, 0.717) is 5.75 Å². The predicted molar refractivity (Wildman–Crippen MR) is 50.4 cm³/mol. The van der Waals surface area contributed by atoms with Gasteiger partial charge in [-0.3, -0.25) is 0 Å². The molecule has 1 fully saturated rings. The van der Waals surface area contributed by atoms with Gasteiger partial charge in [-0.25, -0.2) is 8.78 Å². The number of nitrogens with zero attached hydrogens (tertiary/aromatic N) is 2. The van der Waals surface area contributed by atoms with Gasteiger partial charge in [0.25, 0.3) is 0 Å². The van der Waals surface area contributed by atoms with E-state index in [0.717, 1.165) is 5.03 Å². The first-order valence-corrected chi connectivity index (χ1v) is 5.43. The summed E-state index contributed by atoms with van der Waals surface area (Å²) in [7, 11) is 0. The Hall–Kier alpha value is -0.710. The van der Waals surface area contributed by atoms with Crippen LogP contribution in [0.2, 0.25) is 0 Å². The number of rotatable bonds is 3. The molecule has 2 nitrogen and oxygen atoms in total. The van der Waals surface area contributed by atoms with Crippen LogP contribution in [0.4, 0.5) is 8.78 Å². The van der Waals surface area contributed by atoms with Crippen LogP contribution >= 0.6 is 11.8 Å². The highest BCUT2D eigenvalue weighted by Gasteiger charge is 2.44. The third-order valence-electron chi connectivity index (χ3n) is 2.19. The van der Waals surface area contributed by atoms with Crippen LogP contribution in [0.5, 0.6) is 0 Å². The third kappa shape index (κ3) is 2.41. The van der Waals surface area contributed by atoms with Crippen LogP contribution in [0, 0.1) is 5.92 Å². The molecular weight excluding hydrogens is 206 g/mol. The van der Waals surface area contributed by atoms with E-state index in [1.165, 1.54) is 11.8 Å². The first-order valence-electron chi connectivity index (χ1n) is 4.44. The van der Waals surface area contributed by atoms with Gasteiger partial charge in [-0.15, -0.1) is 16.9 Å². The van der Waals surface area contributed by atoms with Gasteiger partial charge in [-0.1, -0.05) is 0 Å². The van der Waals surface area contributed by atoms with E-state index >= 15 is 0 Å². The van der Waals surface area contributed by atoms with Crippen molar-refractivity contribution in [2.45, 2.75) is 23.8 Å². The lowest BCUT2D eigenvalue weighted by atomic mass is 9.83. The topological polar surface area (TPSA) is 25.8 Å². The average Bonchev–Trinajstić information content (AvgIpc) is 2.13. The van der Waals surface area contributed by atoms with Gasteiger partial charge in [-0.2, -0.15) is 5.10 Å².